The van der Waals surface area contributed by atoms with Gasteiger partial charge in [-0.1, -0.05) is 122 Å². The monoisotopic (exact) mass is 766 g/mol. The Kier molecular flexibility index (Phi) is 12.6. The third-order valence-corrected chi connectivity index (χ3v) is 10.0. The predicted octanol–water partition coefficient (Wildman–Crippen LogP) is 14.8. The van der Waals surface area contributed by atoms with Gasteiger partial charge in [-0.2, -0.15) is 0 Å². The average molecular weight is 767 g/mol. The van der Waals surface area contributed by atoms with Crippen molar-refractivity contribution in [2.75, 3.05) is 0 Å². The molecule has 0 aliphatic carbocycles. The van der Waals surface area contributed by atoms with E-state index in [4.69, 9.17) is 0 Å². The molecular weight excluding hydrogens is 723 g/mol. The molecule has 0 radical (unpaired) electrons. The average Bonchev–Trinajstić information content (AvgIpc) is 3.14. The molecule has 6 aromatic carbocycles. The normalized spacial score (nSPS) is 11.8. The molecule has 56 heavy (non-hydrogen) atoms. The van der Waals surface area contributed by atoms with E-state index in [2.05, 4.69) is 76.2 Å². The topological polar surface area (TPSA) is 18.5 Å². The van der Waals surface area contributed by atoms with Crippen molar-refractivity contribution < 1.29 is 35.8 Å². The van der Waals surface area contributed by atoms with Crippen LogP contribution in [0.15, 0.2) is 127 Å². The highest BCUT2D eigenvalue weighted by atomic mass is 19.4. The lowest BCUT2D eigenvalue weighted by Crippen LogP contribution is -2.16. The van der Waals surface area contributed by atoms with E-state index in [1.807, 2.05) is 32.9 Å². The zero-order chi connectivity index (χ0) is 39.9. The first-order valence-electron chi connectivity index (χ1n) is 18.8. The van der Waals surface area contributed by atoms with Gasteiger partial charge in [0, 0.05) is 0 Å². The highest BCUT2D eigenvalue weighted by Gasteiger charge is 2.31. The summed E-state index contributed by atoms with van der Waals surface area (Å²) in [7, 11) is 0. The minimum Gasteiger partial charge on any atom is -0.406 e. The van der Waals surface area contributed by atoms with Gasteiger partial charge in [-0.05, 0) is 143 Å². The van der Waals surface area contributed by atoms with Crippen LogP contribution in [0.1, 0.15) is 59.9 Å². The summed E-state index contributed by atoms with van der Waals surface area (Å²) in [6.07, 6.45) is -1.49. The van der Waals surface area contributed by atoms with Gasteiger partial charge in [-0.3, -0.25) is 0 Å². The number of unbranched alkanes of at least 4 members (excludes halogenated alkanes) is 4. The fraction of sp³-hybridized carbons (Fsp3) is 0.250. The number of hydrogen-bond acceptors (Lipinski definition) is 2. The van der Waals surface area contributed by atoms with E-state index in [1.54, 1.807) is 24.3 Å². The Hall–Kier alpha value is -5.50. The van der Waals surface area contributed by atoms with Crippen LogP contribution in [0.5, 0.6) is 11.5 Å². The van der Waals surface area contributed by atoms with Crippen molar-refractivity contribution in [2.45, 2.75) is 78.4 Å². The van der Waals surface area contributed by atoms with Crippen LogP contribution < -0.4 is 9.47 Å². The first kappa shape index (κ1) is 40.2. The van der Waals surface area contributed by atoms with Crippen LogP contribution in [0.25, 0.3) is 44.5 Å². The summed E-state index contributed by atoms with van der Waals surface area (Å²) in [4.78, 5) is 0. The second kappa shape index (κ2) is 17.5. The summed E-state index contributed by atoms with van der Waals surface area (Å²) in [5.74, 6) is -0.467. The Balaban J connectivity index is 0.918. The van der Waals surface area contributed by atoms with Crippen molar-refractivity contribution in [1.82, 2.24) is 0 Å². The Morgan fingerprint density at radius 1 is 0.375 bits per heavy atom. The molecule has 290 valence electrons. The number of benzene rings is 6. The van der Waals surface area contributed by atoms with Gasteiger partial charge < -0.3 is 9.47 Å². The predicted molar refractivity (Wildman–Crippen MR) is 213 cm³/mol. The number of hydrogen-bond donors (Lipinski definition) is 0. The van der Waals surface area contributed by atoms with Crippen LogP contribution in [0.2, 0.25) is 0 Å². The third-order valence-electron chi connectivity index (χ3n) is 10.0. The van der Waals surface area contributed by atoms with E-state index in [0.29, 0.717) is 0 Å². The van der Waals surface area contributed by atoms with E-state index in [1.165, 1.54) is 54.7 Å². The van der Waals surface area contributed by atoms with Crippen molar-refractivity contribution in [3.8, 4) is 56.0 Å². The minimum absolute atomic E-state index is 0.233. The number of alkyl halides is 6. The van der Waals surface area contributed by atoms with Crippen molar-refractivity contribution in [1.29, 1.82) is 0 Å². The fourth-order valence-corrected chi connectivity index (χ4v) is 7.33. The molecular formula is C48H44F6O2. The van der Waals surface area contributed by atoms with Crippen molar-refractivity contribution >= 4 is 0 Å². The fourth-order valence-electron chi connectivity index (χ4n) is 7.33. The molecule has 0 spiro atoms. The van der Waals surface area contributed by atoms with Gasteiger partial charge in [-0.15, -0.1) is 26.3 Å². The Bertz CT molecular complexity index is 2180. The van der Waals surface area contributed by atoms with Crippen molar-refractivity contribution in [3.05, 3.63) is 155 Å². The molecule has 0 aliphatic rings. The number of halogens is 6. The summed E-state index contributed by atoms with van der Waals surface area (Å²) < 4.78 is 83.2. The summed E-state index contributed by atoms with van der Waals surface area (Å²) >= 11 is 0. The van der Waals surface area contributed by atoms with Gasteiger partial charge in [0.2, 0.25) is 0 Å². The molecule has 0 heterocycles. The van der Waals surface area contributed by atoms with Crippen LogP contribution in [0, 0.1) is 20.8 Å². The maximum atomic E-state index is 12.6. The molecule has 0 N–H and O–H groups in total. The van der Waals surface area contributed by atoms with Gasteiger partial charge in [0.05, 0.1) is 0 Å². The van der Waals surface area contributed by atoms with E-state index in [0.717, 1.165) is 86.9 Å². The van der Waals surface area contributed by atoms with Gasteiger partial charge in [0.25, 0.3) is 0 Å². The molecule has 0 amide bonds. The zero-order valence-electron chi connectivity index (χ0n) is 31.7. The molecule has 0 unspecified atom stereocenters. The number of rotatable bonds is 14. The molecule has 8 heteroatoms. The smallest absolute Gasteiger partial charge is 0.406 e. The zero-order valence-corrected chi connectivity index (χ0v) is 31.7. The molecule has 0 atom stereocenters. The quantitative estimate of drug-likeness (QED) is 0.0812. The van der Waals surface area contributed by atoms with E-state index >= 15 is 0 Å². The summed E-state index contributed by atoms with van der Waals surface area (Å²) in [5, 5.41) is 0. The Morgan fingerprint density at radius 2 is 0.750 bits per heavy atom. The molecule has 0 bridgehead atoms. The number of ether oxygens (including phenoxy) is 2. The molecule has 0 fully saturated rings. The van der Waals surface area contributed by atoms with Gasteiger partial charge in [0.15, 0.2) is 0 Å². The van der Waals surface area contributed by atoms with Gasteiger partial charge in [0.1, 0.15) is 11.5 Å². The third kappa shape index (κ3) is 11.1. The lowest BCUT2D eigenvalue weighted by molar-refractivity contribution is -0.275. The van der Waals surface area contributed by atoms with Gasteiger partial charge in [-0.25, -0.2) is 0 Å². The Morgan fingerprint density at radius 3 is 1.20 bits per heavy atom. The molecule has 0 aromatic heterocycles. The van der Waals surface area contributed by atoms with Gasteiger partial charge >= 0.3 is 12.7 Å². The van der Waals surface area contributed by atoms with Crippen molar-refractivity contribution in [2.24, 2.45) is 0 Å². The maximum Gasteiger partial charge on any atom is 0.573 e. The highest BCUT2D eigenvalue weighted by molar-refractivity contribution is 5.77. The maximum absolute atomic E-state index is 12.6. The van der Waals surface area contributed by atoms with Crippen molar-refractivity contribution in [3.63, 3.8) is 0 Å². The van der Waals surface area contributed by atoms with Crippen LogP contribution in [0.4, 0.5) is 26.3 Å². The lowest BCUT2D eigenvalue weighted by atomic mass is 9.91. The van der Waals surface area contributed by atoms with E-state index in [-0.39, 0.29) is 11.5 Å². The molecule has 0 aliphatic heterocycles. The first-order chi connectivity index (χ1) is 26.7. The standard InChI is InChI=1S/C48H44F6O2/c1-32-29-41(23-28-45(32)39-19-24-43(25-20-39)55-47(49,50)51)37-15-11-35(12-16-37)9-7-5-4-6-8-10-36-13-17-38(18-14-36)42-30-33(2)46(34(3)31-42)40-21-26-44(27-22-40)56-48(52,53)54/h11-31H,4-10H2,1-3H3. The molecule has 0 saturated carbocycles. The summed E-state index contributed by atoms with van der Waals surface area (Å²) in [5.41, 5.74) is 13.9. The second-order valence-corrected chi connectivity index (χ2v) is 14.3. The minimum atomic E-state index is -4.71. The highest BCUT2D eigenvalue weighted by Crippen LogP contribution is 2.35. The van der Waals surface area contributed by atoms with Crippen LogP contribution in [0.3, 0.4) is 0 Å². The van der Waals surface area contributed by atoms with Crippen LogP contribution >= 0.6 is 0 Å². The summed E-state index contributed by atoms with van der Waals surface area (Å²) in [6, 6.07) is 39.8. The van der Waals surface area contributed by atoms with Crippen LogP contribution in [-0.2, 0) is 12.8 Å². The molecule has 6 aromatic rings. The SMILES string of the molecule is Cc1cc(-c2ccc(CCCCCCCc3ccc(-c4cc(C)c(-c5ccc(OC(F)(F)F)cc5)c(C)c4)cc3)cc2)ccc1-c1ccc(OC(F)(F)F)cc1. The molecule has 6 rings (SSSR count). The number of aryl methyl sites for hydroxylation is 5. The van der Waals surface area contributed by atoms with E-state index in [9.17, 15) is 26.3 Å². The molecule has 0 saturated heterocycles. The largest absolute Gasteiger partial charge is 0.573 e. The lowest BCUT2D eigenvalue weighted by Gasteiger charge is -2.15. The van der Waals surface area contributed by atoms with Crippen LogP contribution in [-0.4, -0.2) is 12.7 Å². The second-order valence-electron chi connectivity index (χ2n) is 14.3. The summed E-state index contributed by atoms with van der Waals surface area (Å²) in [6.45, 7) is 6.05. The first-order valence-corrected chi connectivity index (χ1v) is 18.8. The van der Waals surface area contributed by atoms with E-state index < -0.39 is 12.7 Å². The molecule has 2 nitrogen and oxygen atoms in total. The Labute approximate surface area is 324 Å².